The average molecular weight is 255 g/mol. The number of hydrogen-bond donors (Lipinski definition) is 2. The summed E-state index contributed by atoms with van der Waals surface area (Å²) in [6, 6.07) is 0.0599. The number of carboxylic acids is 1. The Kier molecular flexibility index (Phi) is 4.03. The molecule has 18 heavy (non-hydrogen) atoms. The van der Waals surface area contributed by atoms with Crippen molar-refractivity contribution in [3.8, 4) is 0 Å². The van der Waals surface area contributed by atoms with E-state index in [2.05, 4.69) is 5.32 Å². The number of aliphatic carboxylic acids is 1. The van der Waals surface area contributed by atoms with E-state index < -0.39 is 22.8 Å². The number of carboxylic acid groups (broad SMARTS) is 1. The lowest BCUT2D eigenvalue weighted by Crippen LogP contribution is -2.39. The van der Waals surface area contributed by atoms with Crippen molar-refractivity contribution in [2.75, 3.05) is 0 Å². The van der Waals surface area contributed by atoms with Crippen LogP contribution in [-0.2, 0) is 11.3 Å². The number of rotatable bonds is 5. The monoisotopic (exact) mass is 255 g/mol. The van der Waals surface area contributed by atoms with E-state index in [9.17, 15) is 19.7 Å². The van der Waals surface area contributed by atoms with Crippen molar-refractivity contribution in [1.82, 2.24) is 9.88 Å². The van der Waals surface area contributed by atoms with Gasteiger partial charge in [-0.1, -0.05) is 0 Å². The van der Waals surface area contributed by atoms with Gasteiger partial charge in [0.1, 0.15) is 11.7 Å². The molecule has 8 nitrogen and oxygen atoms in total. The minimum atomic E-state index is -1.17. The molecule has 0 aliphatic heterocycles. The molecule has 8 heteroatoms. The lowest BCUT2D eigenvalue weighted by molar-refractivity contribution is -0.384. The summed E-state index contributed by atoms with van der Waals surface area (Å²) >= 11 is 0. The molecule has 0 radical (unpaired) electrons. The first-order chi connectivity index (χ1) is 8.36. The molecule has 1 atom stereocenters. The Balaban J connectivity index is 2.97. The molecule has 1 unspecified atom stereocenters. The van der Waals surface area contributed by atoms with Crippen molar-refractivity contribution < 1.29 is 19.6 Å². The Morgan fingerprint density at radius 3 is 2.67 bits per heavy atom. The van der Waals surface area contributed by atoms with Crippen LogP contribution in [-0.4, -0.2) is 32.5 Å². The number of aromatic nitrogens is 1. The average Bonchev–Trinajstić information content (AvgIpc) is 2.72. The number of carbonyl (C=O) groups excluding carboxylic acids is 1. The molecule has 0 saturated heterocycles. The fourth-order valence-electron chi connectivity index (χ4n) is 1.38. The second-order valence-electron chi connectivity index (χ2n) is 3.66. The van der Waals surface area contributed by atoms with Gasteiger partial charge in [0.2, 0.25) is 0 Å². The number of nitrogens with zero attached hydrogens (tertiary/aromatic N) is 2. The smallest absolute Gasteiger partial charge is 0.325 e. The number of nitro groups is 1. The third kappa shape index (κ3) is 2.84. The third-order valence-corrected chi connectivity index (χ3v) is 2.38. The summed E-state index contributed by atoms with van der Waals surface area (Å²) in [5.74, 6) is -1.83. The number of carbonyl (C=O) groups is 2. The molecule has 1 aromatic heterocycles. The van der Waals surface area contributed by atoms with E-state index in [4.69, 9.17) is 5.11 Å². The maximum Gasteiger partial charge on any atom is 0.325 e. The molecular weight excluding hydrogens is 242 g/mol. The van der Waals surface area contributed by atoms with Crippen LogP contribution in [0.5, 0.6) is 0 Å². The zero-order valence-corrected chi connectivity index (χ0v) is 9.91. The van der Waals surface area contributed by atoms with Gasteiger partial charge in [0.05, 0.1) is 11.1 Å². The van der Waals surface area contributed by atoms with E-state index in [1.165, 1.54) is 17.7 Å². The molecule has 1 aromatic rings. The quantitative estimate of drug-likeness (QED) is 0.591. The van der Waals surface area contributed by atoms with Crippen LogP contribution in [0.25, 0.3) is 0 Å². The Morgan fingerprint density at radius 2 is 2.22 bits per heavy atom. The summed E-state index contributed by atoms with van der Waals surface area (Å²) in [5.41, 5.74) is -0.137. The molecule has 0 aliphatic rings. The van der Waals surface area contributed by atoms with E-state index in [0.29, 0.717) is 6.54 Å². The van der Waals surface area contributed by atoms with Gasteiger partial charge in [-0.25, -0.2) is 0 Å². The summed E-state index contributed by atoms with van der Waals surface area (Å²) in [4.78, 5) is 32.4. The number of nitrogens with one attached hydrogen (secondary N) is 1. The Labute approximate surface area is 102 Å². The van der Waals surface area contributed by atoms with Gasteiger partial charge in [-0.15, -0.1) is 0 Å². The standard InChI is InChI=1S/C10H13N3O5/c1-3-12-5-7(13(17)18)4-8(12)9(14)11-6(2)10(15)16/h4-6H,3H2,1-2H3,(H,11,14)(H,15,16). The van der Waals surface area contributed by atoms with Gasteiger partial charge in [-0.3, -0.25) is 19.7 Å². The highest BCUT2D eigenvalue weighted by atomic mass is 16.6. The maximum absolute atomic E-state index is 11.8. The molecule has 0 aliphatic carbocycles. The summed E-state index contributed by atoms with van der Waals surface area (Å²) in [5, 5.41) is 21.5. The van der Waals surface area contributed by atoms with Crippen LogP contribution in [0.2, 0.25) is 0 Å². The van der Waals surface area contributed by atoms with Gasteiger partial charge >= 0.3 is 5.97 Å². The van der Waals surface area contributed by atoms with Crippen LogP contribution in [0.4, 0.5) is 5.69 Å². The van der Waals surface area contributed by atoms with Crippen LogP contribution in [0.1, 0.15) is 24.3 Å². The third-order valence-electron chi connectivity index (χ3n) is 2.38. The fourth-order valence-corrected chi connectivity index (χ4v) is 1.38. The van der Waals surface area contributed by atoms with Crippen LogP contribution in [0.3, 0.4) is 0 Å². The Morgan fingerprint density at radius 1 is 1.61 bits per heavy atom. The summed E-state index contributed by atoms with van der Waals surface area (Å²) in [6.45, 7) is 3.41. The first-order valence-electron chi connectivity index (χ1n) is 5.25. The number of amides is 1. The Bertz CT molecular complexity index is 494. The molecule has 98 valence electrons. The summed E-state index contributed by atoms with van der Waals surface area (Å²) in [6.07, 6.45) is 1.24. The number of hydrogen-bond acceptors (Lipinski definition) is 4. The maximum atomic E-state index is 11.8. The SMILES string of the molecule is CCn1cc([N+](=O)[O-])cc1C(=O)NC(C)C(=O)O. The minimum absolute atomic E-state index is 0.0669. The molecule has 0 bridgehead atoms. The number of aryl methyl sites for hydroxylation is 1. The van der Waals surface area contributed by atoms with E-state index in [1.807, 2.05) is 0 Å². The Hall–Kier alpha value is -2.38. The second kappa shape index (κ2) is 5.30. The van der Waals surface area contributed by atoms with Gasteiger partial charge in [0.15, 0.2) is 0 Å². The molecule has 0 saturated carbocycles. The largest absolute Gasteiger partial charge is 0.480 e. The molecule has 2 N–H and O–H groups in total. The first kappa shape index (κ1) is 13.7. The molecule has 0 spiro atoms. The van der Waals surface area contributed by atoms with Gasteiger partial charge in [0.25, 0.3) is 11.6 Å². The van der Waals surface area contributed by atoms with E-state index in [-0.39, 0.29) is 11.4 Å². The zero-order chi connectivity index (χ0) is 13.9. The van der Waals surface area contributed by atoms with Gasteiger partial charge in [-0.05, 0) is 13.8 Å². The highest BCUT2D eigenvalue weighted by molar-refractivity contribution is 5.95. The lowest BCUT2D eigenvalue weighted by Gasteiger charge is -2.10. The van der Waals surface area contributed by atoms with Crippen molar-refractivity contribution >= 4 is 17.6 Å². The zero-order valence-electron chi connectivity index (χ0n) is 9.91. The lowest BCUT2D eigenvalue weighted by atomic mass is 10.3. The van der Waals surface area contributed by atoms with Crippen molar-refractivity contribution in [3.05, 3.63) is 28.1 Å². The van der Waals surface area contributed by atoms with Crippen LogP contribution in [0, 0.1) is 10.1 Å². The van der Waals surface area contributed by atoms with Crippen LogP contribution in [0.15, 0.2) is 12.3 Å². The highest BCUT2D eigenvalue weighted by Gasteiger charge is 2.21. The van der Waals surface area contributed by atoms with Crippen LogP contribution < -0.4 is 5.32 Å². The summed E-state index contributed by atoms with van der Waals surface area (Å²) in [7, 11) is 0. The predicted molar refractivity (Wildman–Crippen MR) is 61.3 cm³/mol. The van der Waals surface area contributed by atoms with E-state index in [0.717, 1.165) is 6.07 Å². The first-order valence-corrected chi connectivity index (χ1v) is 5.25. The fraction of sp³-hybridized carbons (Fsp3) is 0.400. The van der Waals surface area contributed by atoms with E-state index >= 15 is 0 Å². The van der Waals surface area contributed by atoms with Gasteiger partial charge < -0.3 is 15.0 Å². The predicted octanol–water partition coefficient (Wildman–Crippen LogP) is 0.619. The van der Waals surface area contributed by atoms with Crippen molar-refractivity contribution in [2.24, 2.45) is 0 Å². The van der Waals surface area contributed by atoms with Crippen molar-refractivity contribution in [3.63, 3.8) is 0 Å². The minimum Gasteiger partial charge on any atom is -0.480 e. The highest BCUT2D eigenvalue weighted by Crippen LogP contribution is 2.16. The molecule has 1 heterocycles. The molecule has 1 amide bonds. The van der Waals surface area contributed by atoms with Crippen LogP contribution >= 0.6 is 0 Å². The van der Waals surface area contributed by atoms with E-state index in [1.54, 1.807) is 6.92 Å². The van der Waals surface area contributed by atoms with Gasteiger partial charge in [0, 0.05) is 12.6 Å². The molecule has 0 aromatic carbocycles. The molecule has 0 fully saturated rings. The second-order valence-corrected chi connectivity index (χ2v) is 3.66. The van der Waals surface area contributed by atoms with Crippen molar-refractivity contribution in [2.45, 2.75) is 26.4 Å². The normalized spacial score (nSPS) is 11.9. The van der Waals surface area contributed by atoms with Gasteiger partial charge in [-0.2, -0.15) is 0 Å². The summed E-state index contributed by atoms with van der Waals surface area (Å²) < 4.78 is 1.39. The topological polar surface area (TPSA) is 114 Å². The molecular formula is C10H13N3O5. The van der Waals surface area contributed by atoms with Crippen molar-refractivity contribution in [1.29, 1.82) is 0 Å². The molecule has 1 rings (SSSR count).